The van der Waals surface area contributed by atoms with Crippen LogP contribution in [-0.4, -0.2) is 29.6 Å². The number of carbonyl (C=O) groups excluding carboxylic acids is 2. The SMILES string of the molecule is O=C(Nc1cccc(/C=C2\Sc3c(C(=O)O)cccc3C2=O)c1)OCC1c2ccccc2-c2ccccc21. The summed E-state index contributed by atoms with van der Waals surface area (Å²) in [6.07, 6.45) is 1.13. The molecule has 186 valence electrons. The molecule has 0 spiro atoms. The van der Waals surface area contributed by atoms with E-state index in [-0.39, 0.29) is 23.9 Å². The number of allylic oxidation sites excluding steroid dienone is 1. The first-order valence-corrected chi connectivity index (χ1v) is 12.8. The number of aromatic carboxylic acids is 1. The van der Waals surface area contributed by atoms with Crippen molar-refractivity contribution >= 4 is 41.4 Å². The topological polar surface area (TPSA) is 92.7 Å². The molecule has 0 fully saturated rings. The summed E-state index contributed by atoms with van der Waals surface area (Å²) >= 11 is 1.14. The Labute approximate surface area is 223 Å². The molecule has 1 heterocycles. The standard InChI is InChI=1S/C31H21NO5S/c33-28-24-13-6-14-25(30(34)35)29(24)38-27(28)16-18-7-5-8-19(15-18)32-31(36)37-17-26-22-11-3-1-9-20(22)21-10-2-4-12-23(21)26/h1-16,26H,17H2,(H,32,36)(H,34,35)/b27-16-. The van der Waals surface area contributed by atoms with Gasteiger partial charge in [-0.3, -0.25) is 10.1 Å². The summed E-state index contributed by atoms with van der Waals surface area (Å²) in [5.41, 5.74) is 6.31. The van der Waals surface area contributed by atoms with Gasteiger partial charge in [0.15, 0.2) is 0 Å². The highest BCUT2D eigenvalue weighted by Crippen LogP contribution is 2.45. The van der Waals surface area contributed by atoms with Crippen molar-refractivity contribution in [1.82, 2.24) is 0 Å². The summed E-state index contributed by atoms with van der Waals surface area (Å²) in [4.78, 5) is 38.0. The minimum absolute atomic E-state index is 0.0352. The Morgan fingerprint density at radius 2 is 1.53 bits per heavy atom. The van der Waals surface area contributed by atoms with Crippen LogP contribution in [0.15, 0.2) is 101 Å². The number of nitrogens with one attached hydrogen (secondary N) is 1. The van der Waals surface area contributed by atoms with Gasteiger partial charge in [0.25, 0.3) is 0 Å². The number of carbonyl (C=O) groups is 3. The van der Waals surface area contributed by atoms with Gasteiger partial charge in [-0.05, 0) is 58.2 Å². The monoisotopic (exact) mass is 519 g/mol. The second-order valence-electron chi connectivity index (χ2n) is 9.00. The third-order valence-corrected chi connectivity index (χ3v) is 7.87. The average molecular weight is 520 g/mol. The maximum Gasteiger partial charge on any atom is 0.411 e. The van der Waals surface area contributed by atoms with E-state index in [9.17, 15) is 19.5 Å². The molecular weight excluding hydrogens is 498 g/mol. The van der Waals surface area contributed by atoms with Gasteiger partial charge in [-0.25, -0.2) is 9.59 Å². The van der Waals surface area contributed by atoms with Crippen LogP contribution in [0.1, 0.15) is 43.3 Å². The van der Waals surface area contributed by atoms with Crippen molar-refractivity contribution in [2.75, 3.05) is 11.9 Å². The molecule has 0 saturated heterocycles. The molecule has 0 atom stereocenters. The largest absolute Gasteiger partial charge is 0.478 e. The molecular formula is C31H21NO5S. The molecule has 2 aliphatic rings. The summed E-state index contributed by atoms with van der Waals surface area (Å²) in [7, 11) is 0. The molecule has 1 aliphatic carbocycles. The lowest BCUT2D eigenvalue weighted by molar-refractivity contribution is 0.0693. The quantitative estimate of drug-likeness (QED) is 0.274. The highest BCUT2D eigenvalue weighted by Gasteiger charge is 2.30. The van der Waals surface area contributed by atoms with Gasteiger partial charge >= 0.3 is 12.1 Å². The van der Waals surface area contributed by atoms with E-state index in [4.69, 9.17) is 4.74 Å². The van der Waals surface area contributed by atoms with Crippen LogP contribution in [0.3, 0.4) is 0 Å². The minimum atomic E-state index is -1.07. The van der Waals surface area contributed by atoms with E-state index < -0.39 is 12.1 Å². The number of ketones is 1. The lowest BCUT2D eigenvalue weighted by Crippen LogP contribution is -2.17. The number of amides is 1. The van der Waals surface area contributed by atoms with E-state index in [1.54, 1.807) is 36.4 Å². The summed E-state index contributed by atoms with van der Waals surface area (Å²) in [5.74, 6) is -1.33. The van der Waals surface area contributed by atoms with Crippen molar-refractivity contribution in [3.8, 4) is 11.1 Å². The molecule has 4 aromatic rings. The van der Waals surface area contributed by atoms with Crippen molar-refractivity contribution in [2.24, 2.45) is 0 Å². The predicted molar refractivity (Wildman–Crippen MR) is 147 cm³/mol. The Kier molecular flexibility index (Phi) is 6.05. The number of rotatable bonds is 5. The zero-order valence-corrected chi connectivity index (χ0v) is 20.8. The Hall–Kier alpha value is -4.62. The maximum atomic E-state index is 12.9. The number of hydrogen-bond acceptors (Lipinski definition) is 5. The number of fused-ring (bicyclic) bond motifs is 4. The average Bonchev–Trinajstić information content (AvgIpc) is 3.42. The van der Waals surface area contributed by atoms with Gasteiger partial charge in [0.1, 0.15) is 6.61 Å². The maximum absolute atomic E-state index is 12.9. The summed E-state index contributed by atoms with van der Waals surface area (Å²) < 4.78 is 5.63. The Morgan fingerprint density at radius 3 is 2.24 bits per heavy atom. The fraction of sp³-hybridized carbons (Fsp3) is 0.0645. The van der Waals surface area contributed by atoms with Crippen molar-refractivity contribution in [1.29, 1.82) is 0 Å². The van der Waals surface area contributed by atoms with Gasteiger partial charge in [0.2, 0.25) is 5.78 Å². The number of carboxylic acids is 1. The molecule has 4 aromatic carbocycles. The van der Waals surface area contributed by atoms with Crippen LogP contribution in [0.2, 0.25) is 0 Å². The number of hydrogen-bond donors (Lipinski definition) is 2. The van der Waals surface area contributed by atoms with Crippen molar-refractivity contribution in [3.63, 3.8) is 0 Å². The van der Waals surface area contributed by atoms with E-state index in [2.05, 4.69) is 29.6 Å². The van der Waals surface area contributed by atoms with Gasteiger partial charge in [-0.2, -0.15) is 0 Å². The number of ether oxygens (including phenoxy) is 1. The van der Waals surface area contributed by atoms with Crippen LogP contribution < -0.4 is 5.32 Å². The summed E-state index contributed by atoms with van der Waals surface area (Å²) in [6, 6.07) is 28.1. The second kappa shape index (κ2) is 9.68. The van der Waals surface area contributed by atoms with Crippen LogP contribution in [0.25, 0.3) is 17.2 Å². The van der Waals surface area contributed by atoms with Gasteiger partial charge < -0.3 is 9.84 Å². The second-order valence-corrected chi connectivity index (χ2v) is 10.1. The summed E-state index contributed by atoms with van der Waals surface area (Å²) in [5, 5.41) is 12.2. The molecule has 6 rings (SSSR count). The van der Waals surface area contributed by atoms with Crippen LogP contribution in [0, 0.1) is 0 Å². The molecule has 0 aromatic heterocycles. The van der Waals surface area contributed by atoms with Crippen molar-refractivity contribution in [2.45, 2.75) is 10.8 Å². The smallest absolute Gasteiger partial charge is 0.411 e. The van der Waals surface area contributed by atoms with Gasteiger partial charge in [0, 0.05) is 22.1 Å². The third kappa shape index (κ3) is 4.27. The van der Waals surface area contributed by atoms with Gasteiger partial charge in [-0.15, -0.1) is 0 Å². The minimum Gasteiger partial charge on any atom is -0.478 e. The van der Waals surface area contributed by atoms with Gasteiger partial charge in [-0.1, -0.05) is 78.5 Å². The highest BCUT2D eigenvalue weighted by atomic mass is 32.2. The first-order chi connectivity index (χ1) is 18.5. The Bertz CT molecular complexity index is 1610. The molecule has 0 unspecified atom stereocenters. The highest BCUT2D eigenvalue weighted by molar-refractivity contribution is 8.05. The van der Waals surface area contributed by atoms with Crippen LogP contribution >= 0.6 is 11.8 Å². The molecule has 0 saturated carbocycles. The Morgan fingerprint density at radius 1 is 0.868 bits per heavy atom. The first kappa shape index (κ1) is 23.8. The molecule has 7 heteroatoms. The van der Waals surface area contributed by atoms with E-state index >= 15 is 0 Å². The molecule has 6 nitrogen and oxygen atoms in total. The first-order valence-electron chi connectivity index (χ1n) is 12.0. The Balaban J connectivity index is 1.15. The molecule has 38 heavy (non-hydrogen) atoms. The molecule has 1 amide bonds. The fourth-order valence-corrected chi connectivity index (χ4v) is 6.14. The zero-order chi connectivity index (χ0) is 26.2. The lowest BCUT2D eigenvalue weighted by Gasteiger charge is -2.14. The summed E-state index contributed by atoms with van der Waals surface area (Å²) in [6.45, 7) is 0.207. The molecule has 0 radical (unpaired) electrons. The van der Waals surface area contributed by atoms with Crippen LogP contribution in [0.5, 0.6) is 0 Å². The number of anilines is 1. The molecule has 2 N–H and O–H groups in total. The number of Topliss-reactive ketones (excluding diaryl/α,β-unsaturated/α-hetero) is 1. The van der Waals surface area contributed by atoms with E-state index in [0.29, 0.717) is 26.6 Å². The fourth-order valence-electron chi connectivity index (χ4n) is 4.99. The van der Waals surface area contributed by atoms with Crippen LogP contribution in [-0.2, 0) is 4.74 Å². The predicted octanol–water partition coefficient (Wildman–Crippen LogP) is 7.08. The third-order valence-electron chi connectivity index (χ3n) is 6.70. The normalized spacial score (nSPS) is 14.6. The lowest BCUT2D eigenvalue weighted by atomic mass is 9.98. The zero-order valence-electron chi connectivity index (χ0n) is 20.0. The van der Waals surface area contributed by atoms with Crippen molar-refractivity contribution in [3.05, 3.63) is 124 Å². The van der Waals surface area contributed by atoms with E-state index in [0.717, 1.165) is 34.0 Å². The van der Waals surface area contributed by atoms with Crippen molar-refractivity contribution < 1.29 is 24.2 Å². The molecule has 0 bridgehead atoms. The van der Waals surface area contributed by atoms with E-state index in [1.165, 1.54) is 6.07 Å². The molecule has 1 aliphatic heterocycles. The number of carboxylic acid groups (broad SMARTS) is 1. The number of thioether (sulfide) groups is 1. The number of benzene rings is 4. The van der Waals surface area contributed by atoms with Crippen LogP contribution in [0.4, 0.5) is 10.5 Å². The van der Waals surface area contributed by atoms with Gasteiger partial charge in [0.05, 0.1) is 10.5 Å². The van der Waals surface area contributed by atoms with E-state index in [1.807, 2.05) is 30.3 Å².